The van der Waals surface area contributed by atoms with Gasteiger partial charge in [0.2, 0.25) is 5.91 Å². The minimum atomic E-state index is -0.533. The molecule has 178 valence electrons. The van der Waals surface area contributed by atoms with Crippen LogP contribution in [0.3, 0.4) is 0 Å². The fraction of sp³-hybridized carbons (Fsp3) is 0.0800. The highest BCUT2D eigenvalue weighted by molar-refractivity contribution is 8.18. The van der Waals surface area contributed by atoms with Crippen molar-refractivity contribution in [1.29, 1.82) is 0 Å². The summed E-state index contributed by atoms with van der Waals surface area (Å²) in [6.07, 6.45) is 1.60. The number of nitrogens with zero attached hydrogens (tertiary/aromatic N) is 1. The Balaban J connectivity index is 1.36. The summed E-state index contributed by atoms with van der Waals surface area (Å²) in [7, 11) is 0. The summed E-state index contributed by atoms with van der Waals surface area (Å²) >= 11 is 18.8. The van der Waals surface area contributed by atoms with Gasteiger partial charge in [-0.15, -0.1) is 0 Å². The number of ether oxygens (including phenoxy) is 1. The molecule has 4 rings (SSSR count). The van der Waals surface area contributed by atoms with E-state index in [-0.39, 0.29) is 4.91 Å². The van der Waals surface area contributed by atoms with Gasteiger partial charge in [0.05, 0.1) is 25.7 Å². The van der Waals surface area contributed by atoms with Crippen molar-refractivity contribution in [2.75, 3.05) is 11.9 Å². The van der Waals surface area contributed by atoms with Gasteiger partial charge >= 0.3 is 0 Å². The van der Waals surface area contributed by atoms with Crippen LogP contribution in [0.5, 0.6) is 5.75 Å². The number of thioether (sulfide) groups is 1. The molecule has 1 heterocycles. The molecule has 0 spiro atoms. The molecular formula is C25H17Cl3N2O4S. The largest absolute Gasteiger partial charge is 0.489 e. The Hall–Kier alpha value is -2.97. The highest BCUT2D eigenvalue weighted by Crippen LogP contribution is 2.32. The van der Waals surface area contributed by atoms with Crippen molar-refractivity contribution in [2.24, 2.45) is 0 Å². The van der Waals surface area contributed by atoms with Gasteiger partial charge in [0.1, 0.15) is 18.9 Å². The molecule has 0 radical (unpaired) electrons. The topological polar surface area (TPSA) is 75.7 Å². The van der Waals surface area contributed by atoms with Crippen LogP contribution >= 0.6 is 46.6 Å². The number of para-hydroxylation sites is 1. The van der Waals surface area contributed by atoms with E-state index in [4.69, 9.17) is 39.5 Å². The molecular weight excluding hydrogens is 531 g/mol. The van der Waals surface area contributed by atoms with E-state index in [9.17, 15) is 14.4 Å². The molecule has 1 fully saturated rings. The Morgan fingerprint density at radius 1 is 0.943 bits per heavy atom. The third kappa shape index (κ3) is 6.38. The Labute approximate surface area is 220 Å². The van der Waals surface area contributed by atoms with E-state index in [1.807, 2.05) is 6.07 Å². The van der Waals surface area contributed by atoms with Gasteiger partial charge in [0.25, 0.3) is 11.1 Å². The molecule has 3 aromatic carbocycles. The Morgan fingerprint density at radius 2 is 1.69 bits per heavy atom. The van der Waals surface area contributed by atoms with Gasteiger partial charge in [-0.05, 0) is 65.4 Å². The van der Waals surface area contributed by atoms with E-state index in [0.29, 0.717) is 38.7 Å². The fourth-order valence-corrected chi connectivity index (χ4v) is 4.48. The second-order valence-electron chi connectivity index (χ2n) is 7.40. The number of benzene rings is 3. The maximum atomic E-state index is 12.7. The zero-order chi connectivity index (χ0) is 24.9. The number of carbonyl (C=O) groups excluding carboxylic acids is 3. The number of anilines is 1. The maximum Gasteiger partial charge on any atom is 0.294 e. The van der Waals surface area contributed by atoms with Gasteiger partial charge in [0, 0.05) is 0 Å². The average molecular weight is 548 g/mol. The number of hydrogen-bond donors (Lipinski definition) is 1. The quantitative estimate of drug-likeness (QED) is 0.326. The molecule has 1 aliphatic heterocycles. The number of nitrogens with one attached hydrogen (secondary N) is 1. The predicted molar refractivity (Wildman–Crippen MR) is 140 cm³/mol. The Morgan fingerprint density at radius 3 is 2.40 bits per heavy atom. The fourth-order valence-electron chi connectivity index (χ4n) is 3.14. The SMILES string of the molecule is O=C(CN1C(=O)S/C(=C/c2ccc(OCc3ccc(Cl)c(Cl)c3)cc2)C1=O)Nc1ccccc1Cl. The summed E-state index contributed by atoms with van der Waals surface area (Å²) in [6.45, 7) is -0.0971. The minimum absolute atomic E-state index is 0.227. The Bertz CT molecular complexity index is 1330. The number of imide groups is 1. The van der Waals surface area contributed by atoms with Crippen LogP contribution < -0.4 is 10.1 Å². The second kappa shape index (κ2) is 11.2. The van der Waals surface area contributed by atoms with Crippen molar-refractivity contribution in [2.45, 2.75) is 6.61 Å². The van der Waals surface area contributed by atoms with Crippen molar-refractivity contribution < 1.29 is 19.1 Å². The maximum absolute atomic E-state index is 12.7. The summed E-state index contributed by atoms with van der Waals surface area (Å²) in [4.78, 5) is 38.5. The first-order valence-corrected chi connectivity index (χ1v) is 12.2. The van der Waals surface area contributed by atoms with Crippen LogP contribution in [0.4, 0.5) is 10.5 Å². The number of halogens is 3. The molecule has 0 aliphatic carbocycles. The molecule has 6 nitrogen and oxygen atoms in total. The number of rotatable bonds is 7. The van der Waals surface area contributed by atoms with Gasteiger partial charge in [-0.2, -0.15) is 0 Å². The number of carbonyl (C=O) groups is 3. The van der Waals surface area contributed by atoms with Crippen LogP contribution in [0.2, 0.25) is 15.1 Å². The third-order valence-electron chi connectivity index (χ3n) is 4.89. The predicted octanol–water partition coefficient (Wildman–Crippen LogP) is 6.90. The standard InChI is InChI=1S/C25H17Cl3N2O4S/c26-18-10-7-16(11-20(18)28)14-34-17-8-5-15(6-9-17)12-22-24(32)30(25(33)35-22)13-23(31)29-21-4-2-1-3-19(21)27/h1-12H,13-14H2,(H,29,31)/b22-12+. The van der Waals surface area contributed by atoms with E-state index in [0.717, 1.165) is 22.2 Å². The first-order chi connectivity index (χ1) is 16.8. The molecule has 0 bridgehead atoms. The van der Waals surface area contributed by atoms with Gasteiger partial charge in [0.15, 0.2) is 0 Å². The van der Waals surface area contributed by atoms with Crippen LogP contribution in [-0.2, 0) is 16.2 Å². The molecule has 0 saturated carbocycles. The van der Waals surface area contributed by atoms with Crippen LogP contribution in [0.25, 0.3) is 6.08 Å². The zero-order valence-electron chi connectivity index (χ0n) is 18.0. The van der Waals surface area contributed by atoms with E-state index in [2.05, 4.69) is 5.32 Å². The number of hydrogen-bond acceptors (Lipinski definition) is 5. The molecule has 1 saturated heterocycles. The van der Waals surface area contributed by atoms with Crippen LogP contribution in [0.1, 0.15) is 11.1 Å². The highest BCUT2D eigenvalue weighted by atomic mass is 35.5. The summed E-state index contributed by atoms with van der Waals surface area (Å²) in [5.41, 5.74) is 1.98. The van der Waals surface area contributed by atoms with Gasteiger partial charge in [-0.25, -0.2) is 0 Å². The lowest BCUT2D eigenvalue weighted by atomic mass is 10.2. The van der Waals surface area contributed by atoms with E-state index in [1.54, 1.807) is 66.7 Å². The average Bonchev–Trinajstić information content (AvgIpc) is 3.09. The highest BCUT2D eigenvalue weighted by Gasteiger charge is 2.36. The van der Waals surface area contributed by atoms with Crippen molar-refractivity contribution in [3.05, 3.63) is 97.8 Å². The monoisotopic (exact) mass is 546 g/mol. The molecule has 1 N–H and O–H groups in total. The lowest BCUT2D eigenvalue weighted by Crippen LogP contribution is -2.36. The summed E-state index contributed by atoms with van der Waals surface area (Å²) in [5.74, 6) is -0.433. The van der Waals surface area contributed by atoms with Gasteiger partial charge in [-0.3, -0.25) is 19.3 Å². The molecule has 3 amide bonds. The van der Waals surface area contributed by atoms with Crippen LogP contribution in [0.15, 0.2) is 71.6 Å². The van der Waals surface area contributed by atoms with Crippen molar-refractivity contribution in [3.8, 4) is 5.75 Å². The zero-order valence-corrected chi connectivity index (χ0v) is 21.0. The normalized spacial score (nSPS) is 14.5. The van der Waals surface area contributed by atoms with Crippen LogP contribution in [0, 0.1) is 0 Å². The van der Waals surface area contributed by atoms with E-state index < -0.39 is 23.6 Å². The smallest absolute Gasteiger partial charge is 0.294 e. The van der Waals surface area contributed by atoms with Crippen molar-refractivity contribution >= 4 is 75.4 Å². The first kappa shape index (κ1) is 25.1. The molecule has 1 aliphatic rings. The van der Waals surface area contributed by atoms with Crippen molar-refractivity contribution in [3.63, 3.8) is 0 Å². The van der Waals surface area contributed by atoms with Gasteiger partial charge in [-0.1, -0.05) is 65.1 Å². The lowest BCUT2D eigenvalue weighted by Gasteiger charge is -2.13. The van der Waals surface area contributed by atoms with Crippen molar-refractivity contribution in [1.82, 2.24) is 4.90 Å². The summed E-state index contributed by atoms with van der Waals surface area (Å²) in [5, 5.41) is 3.38. The molecule has 0 unspecified atom stereocenters. The second-order valence-corrected chi connectivity index (χ2v) is 9.62. The first-order valence-electron chi connectivity index (χ1n) is 10.3. The van der Waals surface area contributed by atoms with E-state index in [1.165, 1.54) is 0 Å². The summed E-state index contributed by atoms with van der Waals surface area (Å²) in [6, 6.07) is 19.0. The molecule has 0 atom stereocenters. The Kier molecular flexibility index (Phi) is 8.03. The molecule has 0 aromatic heterocycles. The third-order valence-corrected chi connectivity index (χ3v) is 6.87. The van der Waals surface area contributed by atoms with E-state index >= 15 is 0 Å². The lowest BCUT2D eigenvalue weighted by molar-refractivity contribution is -0.127. The summed E-state index contributed by atoms with van der Waals surface area (Å²) < 4.78 is 5.76. The van der Waals surface area contributed by atoms with Gasteiger partial charge < -0.3 is 10.1 Å². The minimum Gasteiger partial charge on any atom is -0.489 e. The molecule has 10 heteroatoms. The van der Waals surface area contributed by atoms with Crippen LogP contribution in [-0.4, -0.2) is 28.5 Å². The molecule has 35 heavy (non-hydrogen) atoms. The molecule has 3 aromatic rings. The number of amides is 3.